The average molecular weight is 389 g/mol. The van der Waals surface area contributed by atoms with E-state index in [0.29, 0.717) is 24.2 Å². The first kappa shape index (κ1) is 17.3. The molecule has 2 amide bonds. The summed E-state index contributed by atoms with van der Waals surface area (Å²) in [6.45, 7) is 3.52. The number of aromatic nitrogens is 2. The number of aliphatic hydroxyl groups is 1. The summed E-state index contributed by atoms with van der Waals surface area (Å²) in [4.78, 5) is 14.4. The van der Waals surface area contributed by atoms with E-state index in [1.54, 1.807) is 0 Å². The summed E-state index contributed by atoms with van der Waals surface area (Å²) in [5.74, 6) is 0.245. The predicted molar refractivity (Wildman–Crippen MR) is 104 cm³/mol. The molecule has 1 saturated heterocycles. The second kappa shape index (κ2) is 6.11. The molecule has 0 bridgehead atoms. The second-order valence-electron chi connectivity index (χ2n) is 8.46. The highest BCUT2D eigenvalue weighted by molar-refractivity contribution is 6.31. The molecular formula is C20H25ClN4O2. The normalized spacial score (nSPS) is 28.6. The number of carbonyl (C=O) groups is 1. The lowest BCUT2D eigenvalue weighted by Crippen LogP contribution is -2.52. The van der Waals surface area contributed by atoms with Gasteiger partial charge in [0.05, 0.1) is 17.3 Å². The number of carbonyl (C=O) groups excluding carboxylic acids is 1. The van der Waals surface area contributed by atoms with E-state index in [0.717, 1.165) is 42.1 Å². The Morgan fingerprint density at radius 2 is 2.04 bits per heavy atom. The molecule has 2 aliphatic heterocycles. The Labute approximate surface area is 163 Å². The smallest absolute Gasteiger partial charge is 0.317 e. The Bertz CT molecular complexity index is 901. The van der Waals surface area contributed by atoms with Crippen LogP contribution < -0.4 is 5.32 Å². The molecule has 1 saturated carbocycles. The quantitative estimate of drug-likeness (QED) is 0.828. The molecule has 0 radical (unpaired) electrons. The topological polar surface area (TPSA) is 70.4 Å². The first-order valence-corrected chi connectivity index (χ1v) is 10.3. The third-order valence-corrected chi connectivity index (χ3v) is 7.22. The molecule has 0 spiro atoms. The minimum atomic E-state index is -0.636. The van der Waals surface area contributed by atoms with Gasteiger partial charge >= 0.3 is 6.03 Å². The number of benzene rings is 1. The van der Waals surface area contributed by atoms with Crippen LogP contribution in [0.25, 0.3) is 10.9 Å². The molecule has 2 atom stereocenters. The molecule has 1 unspecified atom stereocenters. The average Bonchev–Trinajstić information content (AvgIpc) is 3.15. The lowest BCUT2D eigenvalue weighted by molar-refractivity contribution is -0.0118. The second-order valence-corrected chi connectivity index (χ2v) is 8.89. The molecule has 1 aliphatic carbocycles. The molecule has 3 heterocycles. The van der Waals surface area contributed by atoms with Gasteiger partial charge in [0.15, 0.2) is 0 Å². The van der Waals surface area contributed by atoms with E-state index in [2.05, 4.69) is 17.3 Å². The summed E-state index contributed by atoms with van der Waals surface area (Å²) < 4.78 is 1.99. The van der Waals surface area contributed by atoms with Crippen molar-refractivity contribution in [2.24, 2.45) is 5.92 Å². The van der Waals surface area contributed by atoms with Gasteiger partial charge in [0.1, 0.15) is 6.10 Å². The molecule has 2 aromatic rings. The lowest BCUT2D eigenvalue weighted by atomic mass is 9.75. The van der Waals surface area contributed by atoms with Crippen molar-refractivity contribution in [1.29, 1.82) is 0 Å². The van der Waals surface area contributed by atoms with E-state index in [9.17, 15) is 9.90 Å². The summed E-state index contributed by atoms with van der Waals surface area (Å²) in [5, 5.41) is 20.5. The highest BCUT2D eigenvalue weighted by Gasteiger charge is 2.50. The van der Waals surface area contributed by atoms with Gasteiger partial charge in [-0.2, -0.15) is 5.10 Å². The Kier molecular flexibility index (Phi) is 3.92. The van der Waals surface area contributed by atoms with Crippen LogP contribution in [0.5, 0.6) is 0 Å². The summed E-state index contributed by atoms with van der Waals surface area (Å²) in [5.41, 5.74) is 1.34. The number of piperidine rings is 1. The van der Waals surface area contributed by atoms with Crippen LogP contribution in [-0.2, 0) is 5.54 Å². The molecule has 1 aromatic carbocycles. The molecule has 3 aliphatic rings. The number of hydrogen-bond donors (Lipinski definition) is 2. The number of hydrogen-bond acceptors (Lipinski definition) is 3. The molecule has 2 fully saturated rings. The van der Waals surface area contributed by atoms with Crippen LogP contribution >= 0.6 is 11.6 Å². The summed E-state index contributed by atoms with van der Waals surface area (Å²) in [7, 11) is 0. The molecule has 144 valence electrons. The summed E-state index contributed by atoms with van der Waals surface area (Å²) in [6, 6.07) is 4.18. The number of rotatable bonds is 2. The first-order chi connectivity index (χ1) is 13.0. The highest BCUT2D eigenvalue weighted by Crippen LogP contribution is 2.51. The SMILES string of the molecule is CC1(C2CCN(C(=O)NC3CCC3)CC2)[C@H](O)c2cc(Cl)cc3cnn1c23. The maximum atomic E-state index is 12.4. The van der Waals surface area contributed by atoms with Gasteiger partial charge in [-0.05, 0) is 57.1 Å². The maximum absolute atomic E-state index is 12.4. The van der Waals surface area contributed by atoms with Gasteiger partial charge in [-0.15, -0.1) is 0 Å². The fraction of sp³-hybridized carbons (Fsp3) is 0.600. The van der Waals surface area contributed by atoms with Crippen LogP contribution in [0, 0.1) is 5.92 Å². The van der Waals surface area contributed by atoms with E-state index in [-0.39, 0.29) is 11.9 Å². The van der Waals surface area contributed by atoms with Gasteiger partial charge < -0.3 is 15.3 Å². The largest absolute Gasteiger partial charge is 0.386 e. The number of urea groups is 1. The van der Waals surface area contributed by atoms with Gasteiger partial charge in [-0.25, -0.2) is 4.79 Å². The van der Waals surface area contributed by atoms with E-state index >= 15 is 0 Å². The Morgan fingerprint density at radius 1 is 1.30 bits per heavy atom. The lowest BCUT2D eigenvalue weighted by Gasteiger charge is -2.43. The molecule has 1 aromatic heterocycles. The Balaban J connectivity index is 1.35. The maximum Gasteiger partial charge on any atom is 0.317 e. The Hall–Kier alpha value is -1.79. The summed E-state index contributed by atoms with van der Waals surface area (Å²) in [6.07, 6.45) is 6.32. The molecule has 7 heteroatoms. The van der Waals surface area contributed by atoms with Gasteiger partial charge in [0.25, 0.3) is 0 Å². The monoisotopic (exact) mass is 388 g/mol. The zero-order chi connectivity index (χ0) is 18.8. The van der Waals surface area contributed by atoms with Gasteiger partial charge in [0.2, 0.25) is 0 Å². The minimum Gasteiger partial charge on any atom is -0.386 e. The molecule has 6 nitrogen and oxygen atoms in total. The zero-order valence-corrected chi connectivity index (χ0v) is 16.2. The highest BCUT2D eigenvalue weighted by atomic mass is 35.5. The number of aliphatic hydroxyl groups excluding tert-OH is 1. The van der Waals surface area contributed by atoms with Crippen LogP contribution in [0.3, 0.4) is 0 Å². The van der Waals surface area contributed by atoms with Crippen LogP contribution in [0.4, 0.5) is 4.79 Å². The first-order valence-electron chi connectivity index (χ1n) is 9.89. The molecule has 2 N–H and O–H groups in total. The van der Waals surface area contributed by atoms with Crippen molar-refractivity contribution in [2.45, 2.75) is 56.7 Å². The van der Waals surface area contributed by atoms with E-state index in [1.807, 2.05) is 27.9 Å². The summed E-state index contributed by atoms with van der Waals surface area (Å²) >= 11 is 6.24. The minimum absolute atomic E-state index is 0.0619. The standard InChI is InChI=1S/C20H25ClN4O2/c1-20(13-5-7-24(8-6-13)19(27)23-15-3-2-4-15)18(26)16-10-14(21)9-12-11-22-25(20)17(12)16/h9-11,13,15,18,26H,2-8H2,1H3,(H,23,27)/t18-,20?/m1/s1. The third kappa shape index (κ3) is 2.49. The van der Waals surface area contributed by atoms with E-state index in [4.69, 9.17) is 11.6 Å². The fourth-order valence-corrected chi connectivity index (χ4v) is 5.28. The number of halogens is 1. The van der Waals surface area contributed by atoms with Crippen molar-refractivity contribution < 1.29 is 9.90 Å². The van der Waals surface area contributed by atoms with Crippen molar-refractivity contribution in [3.05, 3.63) is 28.9 Å². The van der Waals surface area contributed by atoms with Crippen molar-refractivity contribution in [3.8, 4) is 0 Å². The van der Waals surface area contributed by atoms with Crippen molar-refractivity contribution in [1.82, 2.24) is 20.0 Å². The van der Waals surface area contributed by atoms with Gasteiger partial charge in [-0.3, -0.25) is 4.68 Å². The number of likely N-dealkylation sites (tertiary alicyclic amines) is 1. The van der Waals surface area contributed by atoms with Crippen LogP contribution in [0.1, 0.15) is 50.7 Å². The van der Waals surface area contributed by atoms with Crippen molar-refractivity contribution >= 4 is 28.5 Å². The Morgan fingerprint density at radius 3 is 2.70 bits per heavy atom. The van der Waals surface area contributed by atoms with Gasteiger partial charge in [0, 0.05) is 35.1 Å². The van der Waals surface area contributed by atoms with Crippen LogP contribution in [0.2, 0.25) is 5.02 Å². The van der Waals surface area contributed by atoms with E-state index < -0.39 is 11.6 Å². The third-order valence-electron chi connectivity index (χ3n) is 7.00. The fourth-order valence-electron chi connectivity index (χ4n) is 5.05. The van der Waals surface area contributed by atoms with Crippen molar-refractivity contribution in [2.75, 3.05) is 13.1 Å². The number of nitrogens with zero attached hydrogens (tertiary/aromatic N) is 3. The molecule has 5 rings (SSSR count). The number of nitrogens with one attached hydrogen (secondary N) is 1. The van der Waals surface area contributed by atoms with Crippen LogP contribution in [0.15, 0.2) is 18.3 Å². The predicted octanol–water partition coefficient (Wildman–Crippen LogP) is 3.43. The zero-order valence-electron chi connectivity index (χ0n) is 15.5. The van der Waals surface area contributed by atoms with Crippen molar-refractivity contribution in [3.63, 3.8) is 0 Å². The van der Waals surface area contributed by atoms with E-state index in [1.165, 1.54) is 6.42 Å². The van der Waals surface area contributed by atoms with Gasteiger partial charge in [-0.1, -0.05) is 11.6 Å². The number of amides is 2. The van der Waals surface area contributed by atoms with Crippen LogP contribution in [-0.4, -0.2) is 44.9 Å². The molecule has 27 heavy (non-hydrogen) atoms. The molecular weight excluding hydrogens is 364 g/mol.